The minimum absolute atomic E-state index is 0.191. The van der Waals surface area contributed by atoms with E-state index in [-0.39, 0.29) is 6.04 Å². The molecule has 0 radical (unpaired) electrons. The number of hydrogen-bond donors (Lipinski definition) is 1. The largest absolute Gasteiger partial charge is 0.324 e. The molecule has 0 saturated heterocycles. The van der Waals surface area contributed by atoms with Gasteiger partial charge in [-0.1, -0.05) is 53.2 Å². The van der Waals surface area contributed by atoms with Crippen LogP contribution in [0.25, 0.3) is 0 Å². The van der Waals surface area contributed by atoms with Crippen molar-refractivity contribution < 1.29 is 0 Å². The van der Waals surface area contributed by atoms with E-state index in [1.165, 1.54) is 35.1 Å². The second-order valence-electron chi connectivity index (χ2n) is 5.68. The van der Waals surface area contributed by atoms with Crippen molar-refractivity contribution in [2.24, 2.45) is 11.7 Å². The Kier molecular flexibility index (Phi) is 6.57. The van der Waals surface area contributed by atoms with Gasteiger partial charge in [0.15, 0.2) is 0 Å². The van der Waals surface area contributed by atoms with Gasteiger partial charge in [-0.15, -0.1) is 0 Å². The molecule has 1 aromatic rings. The topological polar surface area (TPSA) is 26.0 Å². The standard InChI is InChI=1S/C18H31N/c1-6-10-13(5)18(19)17-15(8-3)11-14(7-2)12-16(17)9-4/h11-13,18H,6-10,19H2,1-5H3. The van der Waals surface area contributed by atoms with Crippen molar-refractivity contribution in [3.05, 3.63) is 34.4 Å². The number of aryl methyl sites for hydroxylation is 3. The lowest BCUT2D eigenvalue weighted by molar-refractivity contribution is 0.429. The molecule has 0 aliphatic heterocycles. The molecule has 0 fully saturated rings. The minimum Gasteiger partial charge on any atom is -0.324 e. The highest BCUT2D eigenvalue weighted by molar-refractivity contribution is 5.42. The van der Waals surface area contributed by atoms with Crippen molar-refractivity contribution in [1.82, 2.24) is 0 Å². The SMILES string of the molecule is CCCC(C)C(N)c1c(CC)cc(CC)cc1CC. The van der Waals surface area contributed by atoms with Crippen LogP contribution in [0.3, 0.4) is 0 Å². The number of nitrogens with two attached hydrogens (primary N) is 1. The van der Waals surface area contributed by atoms with Crippen LogP contribution in [0.1, 0.15) is 75.8 Å². The molecular weight excluding hydrogens is 230 g/mol. The van der Waals surface area contributed by atoms with Crippen LogP contribution >= 0.6 is 0 Å². The Labute approximate surface area is 119 Å². The predicted molar refractivity (Wildman–Crippen MR) is 85.6 cm³/mol. The highest BCUT2D eigenvalue weighted by atomic mass is 14.7. The average Bonchev–Trinajstić information content (AvgIpc) is 2.44. The molecule has 0 spiro atoms. The van der Waals surface area contributed by atoms with E-state index in [1.54, 1.807) is 0 Å². The number of benzene rings is 1. The van der Waals surface area contributed by atoms with Gasteiger partial charge in [-0.25, -0.2) is 0 Å². The average molecular weight is 261 g/mol. The number of rotatable bonds is 7. The zero-order chi connectivity index (χ0) is 14.4. The molecule has 0 aliphatic rings. The zero-order valence-electron chi connectivity index (χ0n) is 13.4. The van der Waals surface area contributed by atoms with Crippen LogP contribution in [0.2, 0.25) is 0 Å². The van der Waals surface area contributed by atoms with Gasteiger partial charge in [0.1, 0.15) is 0 Å². The fourth-order valence-corrected chi connectivity index (χ4v) is 2.99. The van der Waals surface area contributed by atoms with Crippen molar-refractivity contribution in [2.75, 3.05) is 0 Å². The summed E-state index contributed by atoms with van der Waals surface area (Å²) in [4.78, 5) is 0. The third-order valence-electron chi connectivity index (χ3n) is 4.27. The molecule has 0 bridgehead atoms. The van der Waals surface area contributed by atoms with E-state index in [2.05, 4.69) is 46.8 Å². The molecule has 108 valence electrons. The predicted octanol–water partition coefficient (Wildman–Crippen LogP) is 4.81. The zero-order valence-corrected chi connectivity index (χ0v) is 13.4. The maximum atomic E-state index is 6.57. The molecule has 2 atom stereocenters. The van der Waals surface area contributed by atoms with E-state index >= 15 is 0 Å². The molecule has 0 saturated carbocycles. The first kappa shape index (κ1) is 16.2. The van der Waals surface area contributed by atoms with E-state index in [9.17, 15) is 0 Å². The van der Waals surface area contributed by atoms with Gasteiger partial charge in [-0.2, -0.15) is 0 Å². The van der Waals surface area contributed by atoms with Gasteiger partial charge in [-0.3, -0.25) is 0 Å². The molecule has 2 N–H and O–H groups in total. The van der Waals surface area contributed by atoms with Crippen LogP contribution in [-0.2, 0) is 19.3 Å². The maximum Gasteiger partial charge on any atom is 0.0326 e. The first-order valence-electron chi connectivity index (χ1n) is 7.98. The second-order valence-corrected chi connectivity index (χ2v) is 5.68. The summed E-state index contributed by atoms with van der Waals surface area (Å²) in [6, 6.07) is 4.93. The van der Waals surface area contributed by atoms with E-state index in [0.29, 0.717) is 5.92 Å². The molecule has 1 rings (SSSR count). The van der Waals surface area contributed by atoms with Crippen molar-refractivity contribution in [3.63, 3.8) is 0 Å². The molecule has 0 aromatic heterocycles. The first-order chi connectivity index (χ1) is 9.08. The Bertz CT molecular complexity index is 370. The van der Waals surface area contributed by atoms with Gasteiger partial charge in [-0.05, 0) is 53.9 Å². The Hall–Kier alpha value is -0.820. The summed E-state index contributed by atoms with van der Waals surface area (Å²) in [6.45, 7) is 11.3. The van der Waals surface area contributed by atoms with Crippen molar-refractivity contribution in [3.8, 4) is 0 Å². The van der Waals surface area contributed by atoms with E-state index in [4.69, 9.17) is 5.73 Å². The van der Waals surface area contributed by atoms with Gasteiger partial charge in [0.05, 0.1) is 0 Å². The summed E-state index contributed by atoms with van der Waals surface area (Å²) in [7, 11) is 0. The van der Waals surface area contributed by atoms with Gasteiger partial charge in [0.2, 0.25) is 0 Å². The fraction of sp³-hybridized carbons (Fsp3) is 0.667. The lowest BCUT2D eigenvalue weighted by atomic mass is 9.83. The minimum atomic E-state index is 0.191. The normalized spacial score (nSPS) is 14.4. The molecular formula is C18H31N. The van der Waals surface area contributed by atoms with Crippen molar-refractivity contribution in [1.29, 1.82) is 0 Å². The Morgan fingerprint density at radius 1 is 0.947 bits per heavy atom. The third-order valence-corrected chi connectivity index (χ3v) is 4.27. The summed E-state index contributed by atoms with van der Waals surface area (Å²) in [5.41, 5.74) is 12.4. The number of hydrogen-bond acceptors (Lipinski definition) is 1. The molecule has 19 heavy (non-hydrogen) atoms. The van der Waals surface area contributed by atoms with E-state index in [1.807, 2.05) is 0 Å². The highest BCUT2D eigenvalue weighted by Gasteiger charge is 2.20. The van der Waals surface area contributed by atoms with Crippen molar-refractivity contribution in [2.45, 2.75) is 72.8 Å². The van der Waals surface area contributed by atoms with Crippen LogP contribution in [0.15, 0.2) is 12.1 Å². The quantitative estimate of drug-likeness (QED) is 0.749. The molecule has 1 aromatic carbocycles. The van der Waals surface area contributed by atoms with Crippen molar-refractivity contribution >= 4 is 0 Å². The molecule has 1 heteroatoms. The molecule has 0 heterocycles. The monoisotopic (exact) mass is 261 g/mol. The van der Waals surface area contributed by atoms with Crippen LogP contribution in [0.4, 0.5) is 0 Å². The van der Waals surface area contributed by atoms with Crippen LogP contribution < -0.4 is 5.73 Å². The molecule has 0 amide bonds. The summed E-state index contributed by atoms with van der Waals surface area (Å²) in [5.74, 6) is 0.563. The summed E-state index contributed by atoms with van der Waals surface area (Å²) in [6.07, 6.45) is 5.71. The Balaban J connectivity index is 3.23. The lowest BCUT2D eigenvalue weighted by Gasteiger charge is -2.26. The molecule has 2 unspecified atom stereocenters. The summed E-state index contributed by atoms with van der Waals surface area (Å²) < 4.78 is 0. The third kappa shape index (κ3) is 3.82. The molecule has 0 aliphatic carbocycles. The van der Waals surface area contributed by atoms with Crippen LogP contribution in [0, 0.1) is 5.92 Å². The van der Waals surface area contributed by atoms with Crippen LogP contribution in [0.5, 0.6) is 0 Å². The van der Waals surface area contributed by atoms with Crippen LogP contribution in [-0.4, -0.2) is 0 Å². The van der Waals surface area contributed by atoms with Gasteiger partial charge >= 0.3 is 0 Å². The summed E-state index contributed by atoms with van der Waals surface area (Å²) >= 11 is 0. The van der Waals surface area contributed by atoms with Gasteiger partial charge < -0.3 is 5.73 Å². The van der Waals surface area contributed by atoms with Gasteiger partial charge in [0, 0.05) is 6.04 Å². The maximum absolute atomic E-state index is 6.57. The highest BCUT2D eigenvalue weighted by Crippen LogP contribution is 2.31. The summed E-state index contributed by atoms with van der Waals surface area (Å²) in [5, 5.41) is 0. The Morgan fingerprint density at radius 3 is 1.84 bits per heavy atom. The first-order valence-corrected chi connectivity index (χ1v) is 7.98. The van der Waals surface area contributed by atoms with Gasteiger partial charge in [0.25, 0.3) is 0 Å². The van der Waals surface area contributed by atoms with E-state index < -0.39 is 0 Å². The fourth-order valence-electron chi connectivity index (χ4n) is 2.99. The van der Waals surface area contributed by atoms with E-state index in [0.717, 1.165) is 19.3 Å². The Morgan fingerprint density at radius 2 is 1.47 bits per heavy atom. The second kappa shape index (κ2) is 7.69. The molecule has 1 nitrogen and oxygen atoms in total. The smallest absolute Gasteiger partial charge is 0.0326 e. The lowest BCUT2D eigenvalue weighted by Crippen LogP contribution is -2.22.